The number of nitrogens with two attached hydrogens (primary N) is 1. The number of carbonyl (C=O) groups excluding carboxylic acids is 1. The number of anilines is 2. The molecule has 4 N–H and O–H groups in total. The minimum Gasteiger partial charge on any atom is -0.307 e. The molecule has 0 bridgehead atoms. The lowest BCUT2D eigenvalue weighted by Crippen LogP contribution is -2.16. The van der Waals surface area contributed by atoms with Crippen LogP contribution in [0.4, 0.5) is 11.8 Å². The Labute approximate surface area is 107 Å². The molecule has 9 heteroatoms. The molecule has 0 atom stereocenters. The van der Waals surface area contributed by atoms with Crippen molar-refractivity contribution < 1.29 is 4.79 Å². The normalized spacial score (nSPS) is 9.89. The molecule has 0 radical (unpaired) electrons. The molecule has 2 rings (SSSR count). The second-order valence-electron chi connectivity index (χ2n) is 3.12. The molecule has 0 saturated heterocycles. The van der Waals surface area contributed by atoms with Crippen LogP contribution in [0.5, 0.6) is 0 Å². The molecule has 0 spiro atoms. The van der Waals surface area contributed by atoms with E-state index in [4.69, 9.17) is 17.4 Å². The molecule has 92 valence electrons. The summed E-state index contributed by atoms with van der Waals surface area (Å²) in [5, 5.41) is 9.88. The number of hydrogen-bond donors (Lipinski definition) is 3. The zero-order valence-electron chi connectivity index (χ0n) is 8.96. The molecule has 8 nitrogen and oxygen atoms in total. The van der Waals surface area contributed by atoms with Gasteiger partial charge in [-0.2, -0.15) is 5.10 Å². The van der Waals surface area contributed by atoms with E-state index in [2.05, 4.69) is 30.9 Å². The fourth-order valence-electron chi connectivity index (χ4n) is 1.15. The first-order valence-electron chi connectivity index (χ1n) is 4.78. The molecule has 0 saturated carbocycles. The van der Waals surface area contributed by atoms with Crippen molar-refractivity contribution >= 4 is 29.3 Å². The second kappa shape index (κ2) is 5.34. The molecule has 0 fully saturated rings. The van der Waals surface area contributed by atoms with Crippen molar-refractivity contribution in [1.29, 1.82) is 0 Å². The van der Waals surface area contributed by atoms with Crippen molar-refractivity contribution in [3.8, 4) is 0 Å². The Morgan fingerprint density at radius 3 is 2.78 bits per heavy atom. The molecule has 0 unspecified atom stereocenters. The van der Waals surface area contributed by atoms with E-state index in [-0.39, 0.29) is 22.4 Å². The van der Waals surface area contributed by atoms with Gasteiger partial charge in [0.2, 0.25) is 5.95 Å². The minimum absolute atomic E-state index is 0.0969. The van der Waals surface area contributed by atoms with E-state index in [1.54, 1.807) is 0 Å². The minimum atomic E-state index is -0.444. The van der Waals surface area contributed by atoms with E-state index in [0.717, 1.165) is 0 Å². The van der Waals surface area contributed by atoms with Gasteiger partial charge < -0.3 is 5.43 Å². The molecular formula is C9H8ClN7O. The van der Waals surface area contributed by atoms with Gasteiger partial charge in [-0.3, -0.25) is 10.1 Å². The average Bonchev–Trinajstić information content (AvgIpc) is 2.39. The Hall–Kier alpha value is -2.32. The summed E-state index contributed by atoms with van der Waals surface area (Å²) in [4.78, 5) is 19.5. The molecule has 0 aliphatic rings. The van der Waals surface area contributed by atoms with Crippen LogP contribution in [0.3, 0.4) is 0 Å². The molecule has 0 aliphatic heterocycles. The maximum Gasteiger partial charge on any atom is 0.259 e. The van der Waals surface area contributed by atoms with Gasteiger partial charge in [0.05, 0.1) is 23.0 Å². The van der Waals surface area contributed by atoms with Crippen molar-refractivity contribution in [3.63, 3.8) is 0 Å². The standard InChI is InChI=1S/C9H8ClN7O/c10-6-3-5(4-13-7(6)16-11)8(18)15-9-12-1-2-14-17-9/h1-4H,11H2,(H,13,16)(H,12,15,17,18). The third-order valence-corrected chi connectivity index (χ3v) is 2.24. The highest BCUT2D eigenvalue weighted by atomic mass is 35.5. The first-order chi connectivity index (χ1) is 8.70. The Balaban J connectivity index is 2.17. The van der Waals surface area contributed by atoms with Crippen LogP contribution in [-0.4, -0.2) is 26.1 Å². The number of pyridine rings is 1. The van der Waals surface area contributed by atoms with Gasteiger partial charge in [0.15, 0.2) is 5.82 Å². The Morgan fingerprint density at radius 1 is 1.33 bits per heavy atom. The highest BCUT2D eigenvalue weighted by Gasteiger charge is 2.10. The van der Waals surface area contributed by atoms with Gasteiger partial charge in [0.25, 0.3) is 5.91 Å². The van der Waals surface area contributed by atoms with Crippen LogP contribution in [0, 0.1) is 0 Å². The van der Waals surface area contributed by atoms with Crippen LogP contribution in [0.25, 0.3) is 0 Å². The highest BCUT2D eigenvalue weighted by molar-refractivity contribution is 6.33. The van der Waals surface area contributed by atoms with Crippen LogP contribution in [0.1, 0.15) is 10.4 Å². The molecule has 2 aromatic heterocycles. The Morgan fingerprint density at radius 2 is 2.17 bits per heavy atom. The number of rotatable bonds is 3. The van der Waals surface area contributed by atoms with Crippen LogP contribution in [-0.2, 0) is 0 Å². The van der Waals surface area contributed by atoms with E-state index in [0.29, 0.717) is 0 Å². The third-order valence-electron chi connectivity index (χ3n) is 1.95. The first kappa shape index (κ1) is 12.1. The van der Waals surface area contributed by atoms with Gasteiger partial charge in [-0.15, -0.1) is 5.10 Å². The van der Waals surface area contributed by atoms with E-state index < -0.39 is 5.91 Å². The number of nitrogens with one attached hydrogen (secondary N) is 2. The number of hydrogen-bond acceptors (Lipinski definition) is 7. The number of aromatic nitrogens is 4. The van der Waals surface area contributed by atoms with Gasteiger partial charge in [-0.1, -0.05) is 11.6 Å². The fourth-order valence-corrected chi connectivity index (χ4v) is 1.37. The smallest absolute Gasteiger partial charge is 0.259 e. The average molecular weight is 266 g/mol. The number of halogens is 1. The second-order valence-corrected chi connectivity index (χ2v) is 3.53. The maximum absolute atomic E-state index is 11.8. The van der Waals surface area contributed by atoms with Gasteiger partial charge in [0, 0.05) is 6.20 Å². The zero-order chi connectivity index (χ0) is 13.0. The third kappa shape index (κ3) is 2.67. The molecule has 2 aromatic rings. The Kier molecular flexibility index (Phi) is 3.60. The van der Waals surface area contributed by atoms with Crippen LogP contribution >= 0.6 is 11.6 Å². The lowest BCUT2D eigenvalue weighted by molar-refractivity contribution is 0.102. The molecule has 18 heavy (non-hydrogen) atoms. The monoisotopic (exact) mass is 265 g/mol. The highest BCUT2D eigenvalue weighted by Crippen LogP contribution is 2.19. The number of amides is 1. The van der Waals surface area contributed by atoms with Gasteiger partial charge in [0.1, 0.15) is 0 Å². The summed E-state index contributed by atoms with van der Waals surface area (Å²) < 4.78 is 0. The number of nitrogen functional groups attached to an aromatic ring is 1. The largest absolute Gasteiger partial charge is 0.307 e. The summed E-state index contributed by atoms with van der Waals surface area (Å²) >= 11 is 5.85. The van der Waals surface area contributed by atoms with Crippen molar-refractivity contribution in [1.82, 2.24) is 20.2 Å². The van der Waals surface area contributed by atoms with Gasteiger partial charge in [-0.25, -0.2) is 15.8 Å². The summed E-state index contributed by atoms with van der Waals surface area (Å²) in [6.45, 7) is 0. The topological polar surface area (TPSA) is 119 Å². The van der Waals surface area contributed by atoms with Crippen molar-refractivity contribution in [2.75, 3.05) is 10.7 Å². The van der Waals surface area contributed by atoms with E-state index in [9.17, 15) is 4.79 Å². The number of carbonyl (C=O) groups is 1. The predicted molar refractivity (Wildman–Crippen MR) is 64.8 cm³/mol. The summed E-state index contributed by atoms with van der Waals surface area (Å²) in [5.41, 5.74) is 2.56. The first-order valence-corrected chi connectivity index (χ1v) is 5.15. The van der Waals surface area contributed by atoms with E-state index >= 15 is 0 Å². The molecular weight excluding hydrogens is 258 g/mol. The quantitative estimate of drug-likeness (QED) is 0.545. The lowest BCUT2D eigenvalue weighted by Gasteiger charge is -2.05. The van der Waals surface area contributed by atoms with Gasteiger partial charge in [-0.05, 0) is 6.07 Å². The molecule has 0 aromatic carbocycles. The molecule has 2 heterocycles. The molecule has 1 amide bonds. The molecule has 0 aliphatic carbocycles. The summed E-state index contributed by atoms with van der Waals surface area (Å²) in [5.74, 6) is 5.11. The lowest BCUT2D eigenvalue weighted by atomic mass is 10.2. The van der Waals surface area contributed by atoms with Crippen LogP contribution < -0.4 is 16.6 Å². The van der Waals surface area contributed by atoms with Crippen molar-refractivity contribution in [3.05, 3.63) is 35.2 Å². The van der Waals surface area contributed by atoms with Crippen molar-refractivity contribution in [2.24, 2.45) is 5.84 Å². The van der Waals surface area contributed by atoms with Crippen LogP contribution in [0.15, 0.2) is 24.7 Å². The van der Waals surface area contributed by atoms with E-state index in [1.807, 2.05) is 0 Å². The summed E-state index contributed by atoms with van der Waals surface area (Å²) in [6.07, 6.45) is 4.14. The van der Waals surface area contributed by atoms with Crippen LogP contribution in [0.2, 0.25) is 5.02 Å². The number of nitrogens with zero attached hydrogens (tertiary/aromatic N) is 4. The van der Waals surface area contributed by atoms with Gasteiger partial charge >= 0.3 is 0 Å². The Bertz CT molecular complexity index is 562. The summed E-state index contributed by atoms with van der Waals surface area (Å²) in [7, 11) is 0. The fraction of sp³-hybridized carbons (Fsp3) is 0. The van der Waals surface area contributed by atoms with E-state index in [1.165, 1.54) is 24.7 Å². The maximum atomic E-state index is 11.8. The zero-order valence-corrected chi connectivity index (χ0v) is 9.72. The summed E-state index contributed by atoms with van der Waals surface area (Å²) in [6, 6.07) is 1.43. The SMILES string of the molecule is NNc1ncc(C(=O)Nc2nccnn2)cc1Cl. The van der Waals surface area contributed by atoms with Crippen molar-refractivity contribution in [2.45, 2.75) is 0 Å². The number of hydrazine groups is 1. The predicted octanol–water partition coefficient (Wildman–Crippen LogP) is 0.458.